The molecule has 0 aliphatic heterocycles. The Morgan fingerprint density at radius 2 is 1.75 bits per heavy atom. The number of benzene rings is 2. The minimum Gasteiger partial charge on any atom is -0.454 e. The topological polar surface area (TPSA) is 18.5 Å². The highest BCUT2D eigenvalue weighted by atomic mass is 35.5. The number of methoxy groups -OCH3 is 1. The average Bonchev–Trinajstić information content (AvgIpc) is 2.48. The number of halogens is 2. The van der Waals surface area contributed by atoms with Crippen LogP contribution in [0.25, 0.3) is 0 Å². The fourth-order valence-electron chi connectivity index (χ4n) is 1.78. The van der Waals surface area contributed by atoms with Crippen molar-refractivity contribution >= 4 is 11.6 Å². The molecule has 2 rings (SSSR count). The molecular weight excluding hydrogens is 279 g/mol. The Kier molecular flexibility index (Phi) is 5.39. The van der Waals surface area contributed by atoms with Gasteiger partial charge in [0.25, 0.3) is 0 Å². The second-order valence-corrected chi connectivity index (χ2v) is 4.65. The summed E-state index contributed by atoms with van der Waals surface area (Å²) in [7, 11) is 1.67. The lowest BCUT2D eigenvalue weighted by molar-refractivity contribution is 0.202. The zero-order valence-electron chi connectivity index (χ0n) is 11.2. The zero-order valence-corrected chi connectivity index (χ0v) is 12.0. The fourth-order valence-corrected chi connectivity index (χ4v) is 1.95. The maximum atomic E-state index is 13.8. The Labute approximate surface area is 123 Å². The molecule has 2 aromatic carbocycles. The lowest BCUT2D eigenvalue weighted by Gasteiger charge is -2.08. The predicted octanol–water partition coefficient (Wildman–Crippen LogP) is 4.55. The number of hydrogen-bond acceptors (Lipinski definition) is 2. The smallest absolute Gasteiger partial charge is 0.166 e. The largest absolute Gasteiger partial charge is 0.454 e. The average molecular weight is 295 g/mol. The highest BCUT2D eigenvalue weighted by Gasteiger charge is 2.06. The van der Waals surface area contributed by atoms with Gasteiger partial charge in [-0.15, -0.1) is 11.6 Å². The van der Waals surface area contributed by atoms with Gasteiger partial charge in [-0.3, -0.25) is 0 Å². The third kappa shape index (κ3) is 3.95. The Morgan fingerprint density at radius 1 is 1.05 bits per heavy atom. The van der Waals surface area contributed by atoms with E-state index in [-0.39, 0.29) is 11.6 Å². The van der Waals surface area contributed by atoms with E-state index in [0.29, 0.717) is 12.4 Å². The van der Waals surface area contributed by atoms with Crippen molar-refractivity contribution in [2.45, 2.75) is 12.3 Å². The normalized spacial score (nSPS) is 10.6. The molecule has 0 heterocycles. The Morgan fingerprint density at radius 3 is 2.35 bits per heavy atom. The molecule has 0 aromatic heterocycles. The first-order valence-electron chi connectivity index (χ1n) is 6.33. The summed E-state index contributed by atoms with van der Waals surface area (Å²) in [6.07, 6.45) is 0.843. The molecule has 2 aromatic rings. The molecule has 0 N–H and O–H groups in total. The summed E-state index contributed by atoms with van der Waals surface area (Å²) in [5.74, 6) is 0.671. The second-order valence-electron chi connectivity index (χ2n) is 4.39. The Balaban J connectivity index is 2.06. The maximum absolute atomic E-state index is 13.8. The van der Waals surface area contributed by atoms with Gasteiger partial charge in [-0.25, -0.2) is 4.39 Å². The van der Waals surface area contributed by atoms with Gasteiger partial charge in [-0.05, 0) is 41.8 Å². The van der Waals surface area contributed by atoms with Gasteiger partial charge in [-0.2, -0.15) is 0 Å². The van der Waals surface area contributed by atoms with Crippen molar-refractivity contribution in [3.05, 3.63) is 59.4 Å². The van der Waals surface area contributed by atoms with Crippen LogP contribution in [-0.4, -0.2) is 13.7 Å². The number of ether oxygens (including phenoxy) is 2. The maximum Gasteiger partial charge on any atom is 0.166 e. The predicted molar refractivity (Wildman–Crippen MR) is 78.1 cm³/mol. The minimum absolute atomic E-state index is 0.198. The van der Waals surface area contributed by atoms with Crippen LogP contribution >= 0.6 is 11.6 Å². The van der Waals surface area contributed by atoms with Crippen LogP contribution in [-0.2, 0) is 17.0 Å². The molecule has 0 saturated heterocycles. The van der Waals surface area contributed by atoms with E-state index in [2.05, 4.69) is 0 Å². The quantitative estimate of drug-likeness (QED) is 0.728. The summed E-state index contributed by atoms with van der Waals surface area (Å²) in [6.45, 7) is 0.675. The molecule has 0 amide bonds. The summed E-state index contributed by atoms with van der Waals surface area (Å²) in [6, 6.07) is 12.2. The van der Waals surface area contributed by atoms with Gasteiger partial charge >= 0.3 is 0 Å². The lowest BCUT2D eigenvalue weighted by atomic mass is 10.1. The van der Waals surface area contributed by atoms with Crippen molar-refractivity contribution in [3.8, 4) is 11.5 Å². The van der Waals surface area contributed by atoms with Crippen molar-refractivity contribution < 1.29 is 13.9 Å². The van der Waals surface area contributed by atoms with Crippen LogP contribution in [0.3, 0.4) is 0 Å². The third-order valence-electron chi connectivity index (χ3n) is 2.90. The van der Waals surface area contributed by atoms with Crippen LogP contribution in [0.4, 0.5) is 4.39 Å². The van der Waals surface area contributed by atoms with E-state index in [1.54, 1.807) is 19.2 Å². The van der Waals surface area contributed by atoms with Crippen LogP contribution in [0.5, 0.6) is 11.5 Å². The van der Waals surface area contributed by atoms with Crippen molar-refractivity contribution in [3.63, 3.8) is 0 Å². The third-order valence-corrected chi connectivity index (χ3v) is 3.21. The zero-order chi connectivity index (χ0) is 14.4. The molecule has 2 nitrogen and oxygen atoms in total. The monoisotopic (exact) mass is 294 g/mol. The van der Waals surface area contributed by atoms with Crippen LogP contribution in [0.15, 0.2) is 42.5 Å². The number of rotatable bonds is 6. The highest BCUT2D eigenvalue weighted by Crippen LogP contribution is 2.26. The molecule has 0 aliphatic rings. The van der Waals surface area contributed by atoms with E-state index in [4.69, 9.17) is 21.1 Å². The standard InChI is InChI=1S/C16H16ClFO2/c1-19-9-8-12-2-5-14(6-3-12)20-16-7-4-13(11-17)10-15(16)18/h2-7,10H,8-9,11H2,1H3. The van der Waals surface area contributed by atoms with Gasteiger partial charge in [0.2, 0.25) is 0 Å². The van der Waals surface area contributed by atoms with Gasteiger partial charge in [0.05, 0.1) is 6.61 Å². The Hall–Kier alpha value is -1.58. The van der Waals surface area contributed by atoms with Crippen molar-refractivity contribution in [2.75, 3.05) is 13.7 Å². The molecule has 20 heavy (non-hydrogen) atoms. The van der Waals surface area contributed by atoms with Crippen molar-refractivity contribution in [1.82, 2.24) is 0 Å². The van der Waals surface area contributed by atoms with Gasteiger partial charge in [0, 0.05) is 13.0 Å². The van der Waals surface area contributed by atoms with E-state index >= 15 is 0 Å². The number of alkyl halides is 1. The van der Waals surface area contributed by atoms with Crippen molar-refractivity contribution in [1.29, 1.82) is 0 Å². The molecule has 0 atom stereocenters. The molecule has 0 radical (unpaired) electrons. The van der Waals surface area contributed by atoms with Crippen molar-refractivity contribution in [2.24, 2.45) is 0 Å². The summed E-state index contributed by atoms with van der Waals surface area (Å²) in [5, 5.41) is 0. The van der Waals surface area contributed by atoms with E-state index < -0.39 is 5.82 Å². The molecule has 0 saturated carbocycles. The van der Waals surface area contributed by atoms with Crippen LogP contribution in [0.2, 0.25) is 0 Å². The molecule has 0 spiro atoms. The summed E-state index contributed by atoms with van der Waals surface area (Å²) in [5.41, 5.74) is 1.88. The van der Waals surface area contributed by atoms with Crippen LogP contribution in [0.1, 0.15) is 11.1 Å². The molecule has 0 fully saturated rings. The summed E-state index contributed by atoms with van der Waals surface area (Å²) < 4.78 is 24.3. The molecule has 106 valence electrons. The van der Waals surface area contributed by atoms with E-state index in [1.165, 1.54) is 6.07 Å². The molecule has 0 bridgehead atoms. The van der Waals surface area contributed by atoms with E-state index in [9.17, 15) is 4.39 Å². The summed E-state index contributed by atoms with van der Waals surface area (Å²) >= 11 is 5.65. The molecule has 0 aliphatic carbocycles. The second kappa shape index (κ2) is 7.27. The first kappa shape index (κ1) is 14.8. The lowest BCUT2D eigenvalue weighted by Crippen LogP contribution is -1.94. The highest BCUT2D eigenvalue weighted by molar-refractivity contribution is 6.17. The minimum atomic E-state index is -0.411. The van der Waals surface area contributed by atoms with Gasteiger partial charge < -0.3 is 9.47 Å². The van der Waals surface area contributed by atoms with E-state index in [1.807, 2.05) is 24.3 Å². The summed E-state index contributed by atoms with van der Waals surface area (Å²) in [4.78, 5) is 0. The number of hydrogen-bond donors (Lipinski definition) is 0. The molecular formula is C16H16ClFO2. The first-order valence-corrected chi connectivity index (χ1v) is 6.86. The fraction of sp³-hybridized carbons (Fsp3) is 0.250. The van der Waals surface area contributed by atoms with Gasteiger partial charge in [0.15, 0.2) is 11.6 Å². The first-order chi connectivity index (χ1) is 9.72. The van der Waals surface area contributed by atoms with Crippen LogP contribution < -0.4 is 4.74 Å². The van der Waals surface area contributed by atoms with Crippen LogP contribution in [0, 0.1) is 5.82 Å². The SMILES string of the molecule is COCCc1ccc(Oc2ccc(CCl)cc2F)cc1. The molecule has 4 heteroatoms. The molecule has 0 unspecified atom stereocenters. The van der Waals surface area contributed by atoms with Gasteiger partial charge in [-0.1, -0.05) is 18.2 Å². The van der Waals surface area contributed by atoms with Gasteiger partial charge in [0.1, 0.15) is 5.75 Å². The van der Waals surface area contributed by atoms with E-state index in [0.717, 1.165) is 17.5 Å². The Bertz CT molecular complexity index is 555.